The third kappa shape index (κ3) is 3.48. The van der Waals surface area contributed by atoms with Crippen molar-refractivity contribution in [1.29, 1.82) is 0 Å². The number of hydrogen-bond donors (Lipinski definition) is 4. The van der Waals surface area contributed by atoms with Gasteiger partial charge in [-0.2, -0.15) is 4.72 Å². The number of anilines is 1. The SMILES string of the molecule is CC(N)(N)NS(=O)(=O)c1ccc(N)cc1. The summed E-state index contributed by atoms with van der Waals surface area (Å²) in [7, 11) is -3.69. The minimum atomic E-state index is -3.69. The van der Waals surface area contributed by atoms with Crippen LogP contribution in [0.3, 0.4) is 0 Å². The van der Waals surface area contributed by atoms with Crippen molar-refractivity contribution >= 4 is 15.7 Å². The molecule has 0 amide bonds. The molecule has 6 nitrogen and oxygen atoms in total. The van der Waals surface area contributed by atoms with E-state index in [1.807, 2.05) is 0 Å². The Bertz CT molecular complexity index is 433. The lowest BCUT2D eigenvalue weighted by Gasteiger charge is -2.20. The average molecular weight is 230 g/mol. The maximum absolute atomic E-state index is 11.6. The van der Waals surface area contributed by atoms with Gasteiger partial charge in [-0.15, -0.1) is 0 Å². The number of nitrogens with one attached hydrogen (secondary N) is 1. The predicted octanol–water partition coefficient (Wildman–Crippen LogP) is -0.862. The van der Waals surface area contributed by atoms with Crippen LogP contribution < -0.4 is 21.9 Å². The monoisotopic (exact) mass is 230 g/mol. The van der Waals surface area contributed by atoms with Gasteiger partial charge < -0.3 is 17.2 Å². The number of hydrogen-bond acceptors (Lipinski definition) is 5. The van der Waals surface area contributed by atoms with Crippen molar-refractivity contribution in [3.05, 3.63) is 24.3 Å². The van der Waals surface area contributed by atoms with Crippen molar-refractivity contribution in [2.45, 2.75) is 17.6 Å². The van der Waals surface area contributed by atoms with Crippen LogP contribution in [0.4, 0.5) is 5.69 Å². The molecule has 0 radical (unpaired) electrons. The molecule has 0 fully saturated rings. The molecule has 0 aliphatic carbocycles. The average Bonchev–Trinajstić information content (AvgIpc) is 2.00. The summed E-state index contributed by atoms with van der Waals surface area (Å²) in [5.74, 6) is -1.49. The summed E-state index contributed by atoms with van der Waals surface area (Å²) in [6.45, 7) is 1.35. The van der Waals surface area contributed by atoms with Crippen molar-refractivity contribution in [3.63, 3.8) is 0 Å². The van der Waals surface area contributed by atoms with E-state index in [-0.39, 0.29) is 4.90 Å². The summed E-state index contributed by atoms with van der Waals surface area (Å²) in [6, 6.07) is 5.73. The lowest BCUT2D eigenvalue weighted by atomic mass is 10.3. The molecule has 0 spiro atoms. The first-order valence-corrected chi connectivity index (χ1v) is 5.66. The highest BCUT2D eigenvalue weighted by Crippen LogP contribution is 2.11. The van der Waals surface area contributed by atoms with E-state index in [9.17, 15) is 8.42 Å². The second-order valence-electron chi connectivity index (χ2n) is 3.46. The van der Waals surface area contributed by atoms with Crippen LogP contribution in [0.5, 0.6) is 0 Å². The zero-order chi connectivity index (χ0) is 11.7. The zero-order valence-corrected chi connectivity index (χ0v) is 9.08. The molecule has 0 heterocycles. The highest BCUT2D eigenvalue weighted by Gasteiger charge is 2.22. The fourth-order valence-corrected chi connectivity index (χ4v) is 2.19. The highest BCUT2D eigenvalue weighted by atomic mass is 32.2. The predicted molar refractivity (Wildman–Crippen MR) is 58.0 cm³/mol. The van der Waals surface area contributed by atoms with Crippen LogP contribution in [0.2, 0.25) is 0 Å². The molecule has 1 aromatic rings. The minimum Gasteiger partial charge on any atom is -0.399 e. The van der Waals surface area contributed by atoms with Gasteiger partial charge in [0.2, 0.25) is 10.0 Å². The van der Waals surface area contributed by atoms with Gasteiger partial charge in [-0.1, -0.05) is 0 Å². The van der Waals surface area contributed by atoms with Crippen LogP contribution in [0.25, 0.3) is 0 Å². The molecule has 0 aliphatic heterocycles. The summed E-state index contributed by atoms with van der Waals surface area (Å²) >= 11 is 0. The molecule has 84 valence electrons. The van der Waals surface area contributed by atoms with Gasteiger partial charge >= 0.3 is 0 Å². The maximum Gasteiger partial charge on any atom is 0.243 e. The van der Waals surface area contributed by atoms with Crippen LogP contribution in [-0.2, 0) is 10.0 Å². The third-order valence-corrected chi connectivity index (χ3v) is 3.15. The van der Waals surface area contributed by atoms with Gasteiger partial charge in [0.15, 0.2) is 0 Å². The Morgan fingerprint density at radius 1 is 1.20 bits per heavy atom. The number of rotatable bonds is 3. The number of benzene rings is 1. The molecule has 0 saturated carbocycles. The summed E-state index contributed by atoms with van der Waals surface area (Å²) in [5, 5.41) is 0. The minimum absolute atomic E-state index is 0.0684. The van der Waals surface area contributed by atoms with Crippen LogP contribution in [0.15, 0.2) is 29.2 Å². The first-order valence-electron chi connectivity index (χ1n) is 4.18. The van der Waals surface area contributed by atoms with Crippen molar-refractivity contribution in [2.24, 2.45) is 11.5 Å². The van der Waals surface area contributed by atoms with E-state index in [1.54, 1.807) is 0 Å². The van der Waals surface area contributed by atoms with Gasteiger partial charge in [0.1, 0.15) is 5.79 Å². The molecule has 15 heavy (non-hydrogen) atoms. The van der Waals surface area contributed by atoms with Crippen molar-refractivity contribution in [1.82, 2.24) is 4.72 Å². The molecule has 0 unspecified atom stereocenters. The topological polar surface area (TPSA) is 124 Å². The number of nitrogen functional groups attached to an aromatic ring is 1. The van der Waals surface area contributed by atoms with Gasteiger partial charge in [-0.3, -0.25) is 0 Å². The summed E-state index contributed by atoms with van der Waals surface area (Å²) in [4.78, 5) is 0.0684. The molecule has 0 aliphatic rings. The molecule has 0 saturated heterocycles. The molecule has 1 rings (SSSR count). The Labute approximate surface area is 88.5 Å². The van der Waals surface area contributed by atoms with E-state index in [0.29, 0.717) is 5.69 Å². The first kappa shape index (κ1) is 11.9. The molecule has 7 heteroatoms. The molecule has 0 aromatic heterocycles. The van der Waals surface area contributed by atoms with Crippen LogP contribution >= 0.6 is 0 Å². The summed E-state index contributed by atoms with van der Waals surface area (Å²) in [6.07, 6.45) is 0. The molecule has 0 bridgehead atoms. The fourth-order valence-electron chi connectivity index (χ4n) is 0.995. The Morgan fingerprint density at radius 2 is 1.67 bits per heavy atom. The smallest absolute Gasteiger partial charge is 0.243 e. The van der Waals surface area contributed by atoms with Gasteiger partial charge in [-0.05, 0) is 31.2 Å². The normalized spacial score (nSPS) is 12.7. The van der Waals surface area contributed by atoms with Crippen LogP contribution in [-0.4, -0.2) is 14.2 Å². The van der Waals surface area contributed by atoms with Crippen molar-refractivity contribution in [3.8, 4) is 0 Å². The molecule has 7 N–H and O–H groups in total. The second-order valence-corrected chi connectivity index (χ2v) is 5.14. The van der Waals surface area contributed by atoms with Gasteiger partial charge in [0.05, 0.1) is 4.90 Å². The Balaban J connectivity index is 3.02. The maximum atomic E-state index is 11.6. The Hall–Kier alpha value is -1.15. The zero-order valence-electron chi connectivity index (χ0n) is 8.27. The highest BCUT2D eigenvalue weighted by molar-refractivity contribution is 7.89. The van der Waals surface area contributed by atoms with E-state index in [4.69, 9.17) is 17.2 Å². The molecular weight excluding hydrogens is 216 g/mol. The lowest BCUT2D eigenvalue weighted by molar-refractivity contribution is 0.447. The van der Waals surface area contributed by atoms with Crippen LogP contribution in [0.1, 0.15) is 6.92 Å². The lowest BCUT2D eigenvalue weighted by Crippen LogP contribution is -2.60. The molecule has 0 atom stereocenters. The Kier molecular flexibility index (Phi) is 3.00. The summed E-state index contributed by atoms with van der Waals surface area (Å²) in [5.41, 5.74) is 16.6. The van der Waals surface area contributed by atoms with E-state index in [2.05, 4.69) is 4.72 Å². The number of sulfonamides is 1. The van der Waals surface area contributed by atoms with Gasteiger partial charge in [-0.25, -0.2) is 8.42 Å². The molecule has 1 aromatic carbocycles. The summed E-state index contributed by atoms with van der Waals surface area (Å²) < 4.78 is 25.4. The van der Waals surface area contributed by atoms with E-state index < -0.39 is 15.8 Å². The molecular formula is C8H14N4O2S. The van der Waals surface area contributed by atoms with E-state index >= 15 is 0 Å². The standard InChI is InChI=1S/C8H14N4O2S/c1-8(10,11)12-15(13,14)7-4-2-6(9)3-5-7/h2-5,12H,9-11H2,1H3. The fraction of sp³-hybridized carbons (Fsp3) is 0.250. The largest absolute Gasteiger partial charge is 0.399 e. The van der Waals surface area contributed by atoms with E-state index in [1.165, 1.54) is 31.2 Å². The van der Waals surface area contributed by atoms with Crippen molar-refractivity contribution in [2.75, 3.05) is 5.73 Å². The number of nitrogens with two attached hydrogens (primary N) is 3. The quantitative estimate of drug-likeness (QED) is 0.397. The van der Waals surface area contributed by atoms with Gasteiger partial charge in [0, 0.05) is 5.69 Å². The van der Waals surface area contributed by atoms with Crippen LogP contribution in [0, 0.1) is 0 Å². The van der Waals surface area contributed by atoms with Gasteiger partial charge in [0.25, 0.3) is 0 Å². The van der Waals surface area contributed by atoms with Crippen molar-refractivity contribution < 1.29 is 8.42 Å². The Morgan fingerprint density at radius 3 is 2.07 bits per heavy atom. The third-order valence-electron chi connectivity index (χ3n) is 1.54. The second kappa shape index (κ2) is 3.78. The first-order chi connectivity index (χ1) is 6.71. The van der Waals surface area contributed by atoms with E-state index in [0.717, 1.165) is 0 Å².